The molecule has 1 saturated heterocycles. The quantitative estimate of drug-likeness (QED) is 0.681. The minimum absolute atomic E-state index is 0.649. The number of nitrogens with zero attached hydrogens (tertiary/aromatic N) is 7. The fourth-order valence-electron chi connectivity index (χ4n) is 3.17. The van der Waals surface area contributed by atoms with E-state index in [4.69, 9.17) is 4.74 Å². The lowest BCUT2D eigenvalue weighted by Crippen LogP contribution is -2.46. The number of methoxy groups -OCH3 is 1. The van der Waals surface area contributed by atoms with Gasteiger partial charge in [0, 0.05) is 51.2 Å². The van der Waals surface area contributed by atoms with Crippen molar-refractivity contribution in [2.75, 3.05) is 38.2 Å². The predicted molar refractivity (Wildman–Crippen MR) is 102 cm³/mol. The second-order valence-corrected chi connectivity index (χ2v) is 6.62. The third-order valence-corrected chi connectivity index (χ3v) is 4.70. The van der Waals surface area contributed by atoms with E-state index in [1.165, 1.54) is 5.56 Å². The fourth-order valence-corrected chi connectivity index (χ4v) is 3.17. The Kier molecular flexibility index (Phi) is 4.97. The third-order valence-electron chi connectivity index (χ3n) is 4.70. The van der Waals surface area contributed by atoms with Gasteiger partial charge in [-0.2, -0.15) is 5.10 Å². The van der Waals surface area contributed by atoms with Crippen molar-refractivity contribution < 1.29 is 4.74 Å². The second-order valence-electron chi connectivity index (χ2n) is 6.62. The maximum Gasteiger partial charge on any atom is 0.212 e. The summed E-state index contributed by atoms with van der Waals surface area (Å²) in [6, 6.07) is 9.91. The second kappa shape index (κ2) is 7.71. The van der Waals surface area contributed by atoms with Crippen LogP contribution in [-0.4, -0.2) is 63.2 Å². The molecule has 3 aromatic rings. The van der Waals surface area contributed by atoms with E-state index in [0.29, 0.717) is 5.88 Å². The molecule has 8 nitrogen and oxygen atoms in total. The van der Waals surface area contributed by atoms with E-state index in [1.54, 1.807) is 11.8 Å². The molecule has 1 fully saturated rings. The number of hydrogen-bond acceptors (Lipinski definition) is 7. The lowest BCUT2D eigenvalue weighted by molar-refractivity contribution is 0.248. The first-order chi connectivity index (χ1) is 13.2. The van der Waals surface area contributed by atoms with Crippen LogP contribution in [0.1, 0.15) is 11.3 Å². The third kappa shape index (κ3) is 4.06. The molecule has 0 aliphatic carbocycles. The lowest BCUT2D eigenvalue weighted by atomic mass is 10.2. The van der Waals surface area contributed by atoms with Gasteiger partial charge in [-0.3, -0.25) is 4.90 Å². The average molecular weight is 365 g/mol. The molecule has 1 aliphatic heterocycles. The number of hydrogen-bond donors (Lipinski definition) is 0. The Balaban J connectivity index is 1.33. The number of aryl methyl sites for hydroxylation is 1. The summed E-state index contributed by atoms with van der Waals surface area (Å²) in [7, 11) is 1.63. The first-order valence-electron chi connectivity index (χ1n) is 9.04. The summed E-state index contributed by atoms with van der Waals surface area (Å²) >= 11 is 0. The standard InChI is InChI=1S/C19H23N7O/c1-15-7-8-26(23-15)18-5-4-17(21-22-18)25-11-9-24(10-12-25)14-16-3-6-19(27-2)20-13-16/h3-8,13H,9-12,14H2,1-2H3. The highest BCUT2D eigenvalue weighted by molar-refractivity contribution is 5.40. The summed E-state index contributed by atoms with van der Waals surface area (Å²) in [5.74, 6) is 2.29. The number of rotatable bonds is 5. The van der Waals surface area contributed by atoms with E-state index < -0.39 is 0 Å². The summed E-state index contributed by atoms with van der Waals surface area (Å²) in [6.07, 6.45) is 3.78. The van der Waals surface area contributed by atoms with Gasteiger partial charge in [0.05, 0.1) is 12.8 Å². The molecule has 0 spiro atoms. The normalized spacial score (nSPS) is 15.1. The minimum atomic E-state index is 0.649. The maximum atomic E-state index is 5.11. The molecule has 3 aromatic heterocycles. The summed E-state index contributed by atoms with van der Waals surface area (Å²) in [5.41, 5.74) is 2.16. The monoisotopic (exact) mass is 365 g/mol. The van der Waals surface area contributed by atoms with E-state index in [9.17, 15) is 0 Å². The van der Waals surface area contributed by atoms with Gasteiger partial charge < -0.3 is 9.64 Å². The van der Waals surface area contributed by atoms with Gasteiger partial charge >= 0.3 is 0 Å². The van der Waals surface area contributed by atoms with Crippen LogP contribution in [0.15, 0.2) is 42.7 Å². The SMILES string of the molecule is COc1ccc(CN2CCN(c3ccc(-n4ccc(C)n4)nn3)CC2)cn1. The molecule has 0 atom stereocenters. The highest BCUT2D eigenvalue weighted by Crippen LogP contribution is 2.16. The Morgan fingerprint density at radius 3 is 2.33 bits per heavy atom. The van der Waals surface area contributed by atoms with Gasteiger partial charge in [0.1, 0.15) is 0 Å². The van der Waals surface area contributed by atoms with Crippen molar-refractivity contribution in [3.8, 4) is 11.7 Å². The Hall–Kier alpha value is -3.00. The Bertz CT molecular complexity index is 868. The smallest absolute Gasteiger partial charge is 0.212 e. The van der Waals surface area contributed by atoms with Gasteiger partial charge in [-0.05, 0) is 30.7 Å². The van der Waals surface area contributed by atoms with Crippen LogP contribution in [-0.2, 0) is 6.54 Å². The van der Waals surface area contributed by atoms with Crippen LogP contribution < -0.4 is 9.64 Å². The van der Waals surface area contributed by atoms with Crippen LogP contribution in [0.3, 0.4) is 0 Å². The zero-order valence-electron chi connectivity index (χ0n) is 15.6. The summed E-state index contributed by atoms with van der Waals surface area (Å²) in [4.78, 5) is 8.97. The van der Waals surface area contributed by atoms with Gasteiger partial charge in [0.15, 0.2) is 11.6 Å². The number of piperazine rings is 1. The number of ether oxygens (including phenoxy) is 1. The maximum absolute atomic E-state index is 5.11. The molecular formula is C19H23N7O. The molecule has 0 unspecified atom stereocenters. The molecule has 0 amide bonds. The molecule has 0 bridgehead atoms. The van der Waals surface area contributed by atoms with Crippen LogP contribution in [0, 0.1) is 6.92 Å². The molecular weight excluding hydrogens is 342 g/mol. The van der Waals surface area contributed by atoms with Crippen LogP contribution >= 0.6 is 0 Å². The summed E-state index contributed by atoms with van der Waals surface area (Å²) < 4.78 is 6.85. The predicted octanol–water partition coefficient (Wildman–Crippen LogP) is 1.70. The fraction of sp³-hybridized carbons (Fsp3) is 0.368. The topological polar surface area (TPSA) is 72.2 Å². The number of anilines is 1. The van der Waals surface area contributed by atoms with E-state index >= 15 is 0 Å². The van der Waals surface area contributed by atoms with Gasteiger partial charge in [0.2, 0.25) is 5.88 Å². The molecule has 140 valence electrons. The van der Waals surface area contributed by atoms with Gasteiger partial charge in [0.25, 0.3) is 0 Å². The first kappa shape index (κ1) is 17.4. The Morgan fingerprint density at radius 2 is 1.74 bits per heavy atom. The minimum Gasteiger partial charge on any atom is -0.481 e. The zero-order chi connectivity index (χ0) is 18.6. The van der Waals surface area contributed by atoms with Crippen molar-refractivity contribution in [3.05, 3.63) is 54.0 Å². The van der Waals surface area contributed by atoms with Crippen LogP contribution in [0.4, 0.5) is 5.82 Å². The van der Waals surface area contributed by atoms with Crippen LogP contribution in [0.5, 0.6) is 5.88 Å². The highest BCUT2D eigenvalue weighted by Gasteiger charge is 2.18. The molecule has 0 N–H and O–H groups in total. The van der Waals surface area contributed by atoms with E-state index in [-0.39, 0.29) is 0 Å². The van der Waals surface area contributed by atoms with Crippen molar-refractivity contribution in [1.29, 1.82) is 0 Å². The van der Waals surface area contributed by atoms with Gasteiger partial charge in [-0.15, -0.1) is 10.2 Å². The number of pyridine rings is 1. The largest absolute Gasteiger partial charge is 0.481 e. The summed E-state index contributed by atoms with van der Waals surface area (Å²) in [6.45, 7) is 6.67. The molecule has 4 heterocycles. The van der Waals surface area contributed by atoms with E-state index in [0.717, 1.165) is 50.1 Å². The molecule has 0 aromatic carbocycles. The van der Waals surface area contributed by atoms with Crippen molar-refractivity contribution in [1.82, 2.24) is 29.9 Å². The van der Waals surface area contributed by atoms with Gasteiger partial charge in [-0.1, -0.05) is 6.07 Å². The molecule has 27 heavy (non-hydrogen) atoms. The van der Waals surface area contributed by atoms with E-state index in [2.05, 4.69) is 36.1 Å². The van der Waals surface area contributed by atoms with Crippen molar-refractivity contribution >= 4 is 5.82 Å². The van der Waals surface area contributed by atoms with Crippen LogP contribution in [0.25, 0.3) is 5.82 Å². The van der Waals surface area contributed by atoms with Crippen molar-refractivity contribution in [2.24, 2.45) is 0 Å². The highest BCUT2D eigenvalue weighted by atomic mass is 16.5. The van der Waals surface area contributed by atoms with Crippen LogP contribution in [0.2, 0.25) is 0 Å². The molecule has 4 rings (SSSR count). The van der Waals surface area contributed by atoms with Crippen molar-refractivity contribution in [3.63, 3.8) is 0 Å². The average Bonchev–Trinajstić information content (AvgIpc) is 3.16. The van der Waals surface area contributed by atoms with Gasteiger partial charge in [-0.25, -0.2) is 9.67 Å². The zero-order valence-corrected chi connectivity index (χ0v) is 15.6. The molecule has 1 aliphatic rings. The van der Waals surface area contributed by atoms with E-state index in [1.807, 2.05) is 43.6 Å². The molecule has 0 radical (unpaired) electrons. The molecule has 8 heteroatoms. The lowest BCUT2D eigenvalue weighted by Gasteiger charge is -2.35. The Labute approximate surface area is 158 Å². The first-order valence-corrected chi connectivity index (χ1v) is 9.04. The molecule has 0 saturated carbocycles. The number of aromatic nitrogens is 5. The van der Waals surface area contributed by atoms with Crippen molar-refractivity contribution in [2.45, 2.75) is 13.5 Å². The summed E-state index contributed by atoms with van der Waals surface area (Å²) in [5, 5.41) is 13.1. The Morgan fingerprint density at radius 1 is 0.963 bits per heavy atom.